The molecule has 1 aromatic carbocycles. The van der Waals surface area contributed by atoms with E-state index >= 15 is 0 Å². The van der Waals surface area contributed by atoms with Crippen LogP contribution >= 0.6 is 0 Å². The van der Waals surface area contributed by atoms with Crippen molar-refractivity contribution in [3.05, 3.63) is 23.8 Å². The Morgan fingerprint density at radius 3 is 2.73 bits per heavy atom. The van der Waals surface area contributed by atoms with Crippen LogP contribution in [0.3, 0.4) is 0 Å². The van der Waals surface area contributed by atoms with E-state index in [1.807, 2.05) is 19.2 Å². The molecule has 0 bridgehead atoms. The van der Waals surface area contributed by atoms with Gasteiger partial charge in [0, 0.05) is 19.0 Å². The van der Waals surface area contributed by atoms with Crippen LogP contribution in [0.4, 0.5) is 11.8 Å². The molecule has 0 unspecified atom stereocenters. The van der Waals surface area contributed by atoms with Gasteiger partial charge in [-0.25, -0.2) is 9.97 Å². The highest BCUT2D eigenvalue weighted by Crippen LogP contribution is 2.31. The Balaban J connectivity index is 2.33. The lowest BCUT2D eigenvalue weighted by atomic mass is 9.98. The molecule has 0 saturated carbocycles. The number of hydrogen-bond acceptors (Lipinski definition) is 4. The molecule has 5 nitrogen and oxygen atoms in total. The number of anilines is 2. The van der Waals surface area contributed by atoms with Crippen LogP contribution in [-0.4, -0.2) is 28.5 Å². The standard InChI is InChI=1S/C17H23N5/c1-5-22(4)17-20-14-13-11(9-10(2)3)7-6-8-12(13)19-16(18)15(14)21-17/h6-8,10H,5,9H2,1-4H3,(H2,18,19)(H,20,21). The van der Waals surface area contributed by atoms with E-state index in [9.17, 15) is 0 Å². The molecule has 0 radical (unpaired) electrons. The summed E-state index contributed by atoms with van der Waals surface area (Å²) in [7, 11) is 2.01. The average molecular weight is 297 g/mol. The number of hydrogen-bond donors (Lipinski definition) is 2. The van der Waals surface area contributed by atoms with E-state index < -0.39 is 0 Å². The summed E-state index contributed by atoms with van der Waals surface area (Å²) in [5.74, 6) is 1.92. The van der Waals surface area contributed by atoms with Crippen molar-refractivity contribution in [2.24, 2.45) is 5.92 Å². The zero-order valence-electron chi connectivity index (χ0n) is 13.6. The Hall–Kier alpha value is -2.30. The van der Waals surface area contributed by atoms with Gasteiger partial charge in [-0.3, -0.25) is 0 Å². The lowest BCUT2D eigenvalue weighted by Gasteiger charge is -2.11. The van der Waals surface area contributed by atoms with Crippen molar-refractivity contribution in [2.45, 2.75) is 27.2 Å². The highest BCUT2D eigenvalue weighted by atomic mass is 15.2. The first-order valence-corrected chi connectivity index (χ1v) is 7.79. The summed E-state index contributed by atoms with van der Waals surface area (Å²) in [6, 6.07) is 6.22. The Bertz CT molecular complexity index is 819. The number of pyridine rings is 1. The van der Waals surface area contributed by atoms with Crippen molar-refractivity contribution in [2.75, 3.05) is 24.2 Å². The predicted molar refractivity (Wildman–Crippen MR) is 93.3 cm³/mol. The molecule has 0 saturated heterocycles. The largest absolute Gasteiger partial charge is 0.382 e. The third-order valence-corrected chi connectivity index (χ3v) is 4.02. The Morgan fingerprint density at radius 1 is 1.27 bits per heavy atom. The summed E-state index contributed by atoms with van der Waals surface area (Å²) in [4.78, 5) is 14.7. The average Bonchev–Trinajstić information content (AvgIpc) is 2.91. The van der Waals surface area contributed by atoms with Crippen LogP contribution in [0.1, 0.15) is 26.3 Å². The van der Waals surface area contributed by atoms with Crippen LogP contribution in [0.15, 0.2) is 18.2 Å². The zero-order valence-corrected chi connectivity index (χ0v) is 13.6. The molecular weight excluding hydrogens is 274 g/mol. The summed E-state index contributed by atoms with van der Waals surface area (Å²) in [6.45, 7) is 7.42. The number of H-pyrrole nitrogens is 1. The summed E-state index contributed by atoms with van der Waals surface area (Å²) in [5, 5.41) is 1.12. The van der Waals surface area contributed by atoms with E-state index in [0.29, 0.717) is 11.7 Å². The minimum atomic E-state index is 0.507. The number of aromatic amines is 1. The maximum atomic E-state index is 6.13. The second kappa shape index (κ2) is 5.48. The number of nitrogens with two attached hydrogens (primary N) is 1. The van der Waals surface area contributed by atoms with Gasteiger partial charge in [0.25, 0.3) is 0 Å². The minimum Gasteiger partial charge on any atom is -0.382 e. The smallest absolute Gasteiger partial charge is 0.203 e. The van der Waals surface area contributed by atoms with E-state index in [1.54, 1.807) is 0 Å². The van der Waals surface area contributed by atoms with Gasteiger partial charge in [-0.1, -0.05) is 26.0 Å². The van der Waals surface area contributed by atoms with E-state index in [4.69, 9.17) is 10.7 Å². The molecule has 0 aliphatic heterocycles. The monoisotopic (exact) mass is 297 g/mol. The van der Waals surface area contributed by atoms with Gasteiger partial charge in [0.15, 0.2) is 0 Å². The summed E-state index contributed by atoms with van der Waals surface area (Å²) in [6.07, 6.45) is 1.00. The Kier molecular flexibility index (Phi) is 3.64. The van der Waals surface area contributed by atoms with Crippen LogP contribution in [0, 0.1) is 5.92 Å². The van der Waals surface area contributed by atoms with Gasteiger partial charge in [0.1, 0.15) is 16.9 Å². The number of imidazole rings is 1. The number of aromatic nitrogens is 3. The fraction of sp³-hybridized carbons (Fsp3) is 0.412. The van der Waals surface area contributed by atoms with Crippen LogP contribution in [0.2, 0.25) is 0 Å². The van der Waals surface area contributed by atoms with Crippen LogP contribution < -0.4 is 10.6 Å². The van der Waals surface area contributed by atoms with Crippen molar-refractivity contribution in [1.29, 1.82) is 0 Å². The fourth-order valence-corrected chi connectivity index (χ4v) is 2.81. The maximum Gasteiger partial charge on any atom is 0.203 e. The normalized spacial score (nSPS) is 11.7. The van der Waals surface area contributed by atoms with Gasteiger partial charge in [-0.2, -0.15) is 0 Å². The number of benzene rings is 1. The molecule has 3 aromatic rings. The predicted octanol–water partition coefficient (Wildman–Crippen LogP) is 3.35. The third-order valence-electron chi connectivity index (χ3n) is 4.02. The molecule has 116 valence electrons. The van der Waals surface area contributed by atoms with Gasteiger partial charge < -0.3 is 15.6 Å². The highest BCUT2D eigenvalue weighted by molar-refractivity contribution is 6.08. The molecule has 0 spiro atoms. The third kappa shape index (κ3) is 2.36. The topological polar surface area (TPSA) is 70.8 Å². The van der Waals surface area contributed by atoms with E-state index in [-0.39, 0.29) is 0 Å². The second-order valence-corrected chi connectivity index (χ2v) is 6.20. The number of nitrogen functional groups attached to an aromatic ring is 1. The molecule has 0 aliphatic rings. The number of rotatable bonds is 4. The van der Waals surface area contributed by atoms with Crippen molar-refractivity contribution in [3.8, 4) is 0 Å². The van der Waals surface area contributed by atoms with Crippen molar-refractivity contribution < 1.29 is 0 Å². The molecule has 3 N–H and O–H groups in total. The molecule has 2 heterocycles. The summed E-state index contributed by atoms with van der Waals surface area (Å²) >= 11 is 0. The summed E-state index contributed by atoms with van der Waals surface area (Å²) in [5.41, 5.74) is 10.1. The van der Waals surface area contributed by atoms with E-state index in [2.05, 4.69) is 41.7 Å². The lowest BCUT2D eigenvalue weighted by Crippen LogP contribution is -2.16. The minimum absolute atomic E-state index is 0.507. The summed E-state index contributed by atoms with van der Waals surface area (Å²) < 4.78 is 0. The van der Waals surface area contributed by atoms with Gasteiger partial charge in [0.2, 0.25) is 5.95 Å². The Labute approximate surface area is 130 Å². The van der Waals surface area contributed by atoms with E-state index in [1.165, 1.54) is 5.56 Å². The van der Waals surface area contributed by atoms with Gasteiger partial charge in [-0.15, -0.1) is 0 Å². The van der Waals surface area contributed by atoms with Crippen molar-refractivity contribution in [3.63, 3.8) is 0 Å². The molecule has 0 fully saturated rings. The molecule has 0 aliphatic carbocycles. The SMILES string of the molecule is CCN(C)c1nc2c([nH]1)c(N)nc1cccc(CC(C)C)c12. The fourth-order valence-electron chi connectivity index (χ4n) is 2.81. The molecule has 22 heavy (non-hydrogen) atoms. The number of nitrogens with zero attached hydrogens (tertiary/aromatic N) is 3. The molecule has 5 heteroatoms. The van der Waals surface area contributed by atoms with Gasteiger partial charge >= 0.3 is 0 Å². The van der Waals surface area contributed by atoms with Crippen molar-refractivity contribution in [1.82, 2.24) is 15.0 Å². The molecular formula is C17H23N5. The molecule has 0 atom stereocenters. The van der Waals surface area contributed by atoms with Crippen LogP contribution in [0.25, 0.3) is 21.9 Å². The first-order chi connectivity index (χ1) is 10.5. The lowest BCUT2D eigenvalue weighted by molar-refractivity contribution is 0.650. The first-order valence-electron chi connectivity index (χ1n) is 7.79. The Morgan fingerprint density at radius 2 is 2.05 bits per heavy atom. The number of fused-ring (bicyclic) bond motifs is 3. The number of nitrogens with one attached hydrogen (secondary N) is 1. The second-order valence-electron chi connectivity index (χ2n) is 6.20. The highest BCUT2D eigenvalue weighted by Gasteiger charge is 2.16. The van der Waals surface area contributed by atoms with Crippen LogP contribution in [0.5, 0.6) is 0 Å². The van der Waals surface area contributed by atoms with E-state index in [0.717, 1.165) is 40.9 Å². The molecule has 3 rings (SSSR count). The zero-order chi connectivity index (χ0) is 15.9. The quantitative estimate of drug-likeness (QED) is 0.774. The first kappa shape index (κ1) is 14.6. The molecule has 0 amide bonds. The van der Waals surface area contributed by atoms with Crippen LogP contribution in [-0.2, 0) is 6.42 Å². The van der Waals surface area contributed by atoms with Gasteiger partial charge in [0.05, 0.1) is 5.52 Å². The molecule has 2 aromatic heterocycles. The van der Waals surface area contributed by atoms with Crippen molar-refractivity contribution >= 4 is 33.7 Å². The maximum absolute atomic E-state index is 6.13. The van der Waals surface area contributed by atoms with Gasteiger partial charge in [-0.05, 0) is 30.9 Å².